The predicted molar refractivity (Wildman–Crippen MR) is 47.1 cm³/mol. The third kappa shape index (κ3) is 1.52. The lowest BCUT2D eigenvalue weighted by Crippen LogP contribution is -2.22. The molecule has 1 aliphatic carbocycles. The lowest BCUT2D eigenvalue weighted by Gasteiger charge is -2.20. The molecule has 4 heteroatoms. The zero-order valence-electron chi connectivity index (χ0n) is 8.04. The quantitative estimate of drug-likeness (QED) is 0.545. The van der Waals surface area contributed by atoms with E-state index in [4.69, 9.17) is 9.47 Å². The summed E-state index contributed by atoms with van der Waals surface area (Å²) in [6, 6.07) is 0. The normalized spacial score (nSPS) is 27.6. The molecule has 0 saturated heterocycles. The molecule has 1 atom stereocenters. The standard InChI is InChI=1S/C10H12O4/c1-6-2-3-7-10(9(6)12)13-5-4-8(11)14-7/h6H,2-5H2,1H3. The lowest BCUT2D eigenvalue weighted by molar-refractivity contribution is -0.139. The van der Waals surface area contributed by atoms with Crippen LogP contribution in [-0.2, 0) is 19.1 Å². The Kier molecular flexibility index (Phi) is 2.27. The zero-order chi connectivity index (χ0) is 10.1. The molecule has 0 saturated carbocycles. The van der Waals surface area contributed by atoms with Crippen LogP contribution in [0.4, 0.5) is 0 Å². The van der Waals surface area contributed by atoms with E-state index in [1.807, 2.05) is 6.92 Å². The topological polar surface area (TPSA) is 52.6 Å². The molecule has 0 N–H and O–H groups in total. The fraction of sp³-hybridized carbons (Fsp3) is 0.600. The highest BCUT2D eigenvalue weighted by Crippen LogP contribution is 2.29. The first-order valence-electron chi connectivity index (χ1n) is 4.79. The number of carbonyl (C=O) groups excluding carboxylic acids is 2. The summed E-state index contributed by atoms with van der Waals surface area (Å²) < 4.78 is 10.3. The van der Waals surface area contributed by atoms with Crippen molar-refractivity contribution >= 4 is 11.8 Å². The van der Waals surface area contributed by atoms with Crippen LogP contribution in [0.1, 0.15) is 26.2 Å². The molecule has 1 unspecified atom stereocenters. The van der Waals surface area contributed by atoms with Crippen molar-refractivity contribution in [3.05, 3.63) is 11.5 Å². The molecule has 0 aromatic carbocycles. The largest absolute Gasteiger partial charge is 0.486 e. The Hall–Kier alpha value is -1.32. The first-order valence-corrected chi connectivity index (χ1v) is 4.79. The Bertz CT molecular complexity index is 316. The third-order valence-corrected chi connectivity index (χ3v) is 2.52. The van der Waals surface area contributed by atoms with Gasteiger partial charge in [-0.05, 0) is 6.42 Å². The summed E-state index contributed by atoms with van der Waals surface area (Å²) in [7, 11) is 0. The zero-order valence-corrected chi connectivity index (χ0v) is 8.04. The van der Waals surface area contributed by atoms with Gasteiger partial charge in [0.25, 0.3) is 0 Å². The van der Waals surface area contributed by atoms with Gasteiger partial charge in [-0.3, -0.25) is 9.59 Å². The molecule has 76 valence electrons. The summed E-state index contributed by atoms with van der Waals surface area (Å²) in [4.78, 5) is 22.7. The first-order chi connectivity index (χ1) is 6.68. The maximum absolute atomic E-state index is 11.6. The number of ketones is 1. The van der Waals surface area contributed by atoms with Gasteiger partial charge in [-0.25, -0.2) is 0 Å². The smallest absolute Gasteiger partial charge is 0.314 e. The SMILES string of the molecule is CC1CCC2=C(OCCC(=O)O2)C1=O. The second-order valence-corrected chi connectivity index (χ2v) is 3.63. The molecule has 0 fully saturated rings. The minimum atomic E-state index is -0.308. The van der Waals surface area contributed by atoms with Gasteiger partial charge in [-0.15, -0.1) is 0 Å². The number of allylic oxidation sites excluding steroid dienone is 2. The Morgan fingerprint density at radius 3 is 2.86 bits per heavy atom. The summed E-state index contributed by atoms with van der Waals surface area (Å²) in [5.74, 6) is 0.328. The molecule has 0 aromatic heterocycles. The minimum absolute atomic E-state index is 0.0226. The molecular weight excluding hydrogens is 184 g/mol. The highest BCUT2D eigenvalue weighted by molar-refractivity contribution is 5.97. The lowest BCUT2D eigenvalue weighted by atomic mass is 9.92. The van der Waals surface area contributed by atoms with Crippen LogP contribution in [0.25, 0.3) is 0 Å². The van der Waals surface area contributed by atoms with Gasteiger partial charge in [0.1, 0.15) is 0 Å². The molecule has 0 bridgehead atoms. The predicted octanol–water partition coefficient (Wildman–Crippen LogP) is 1.16. The average molecular weight is 196 g/mol. The summed E-state index contributed by atoms with van der Waals surface area (Å²) >= 11 is 0. The van der Waals surface area contributed by atoms with Crippen LogP contribution < -0.4 is 0 Å². The van der Waals surface area contributed by atoms with Crippen LogP contribution in [0.5, 0.6) is 0 Å². The number of hydrogen-bond donors (Lipinski definition) is 0. The van der Waals surface area contributed by atoms with Crippen molar-refractivity contribution in [1.29, 1.82) is 0 Å². The highest BCUT2D eigenvalue weighted by Gasteiger charge is 2.32. The van der Waals surface area contributed by atoms with Crippen LogP contribution in [-0.4, -0.2) is 18.4 Å². The molecule has 2 aliphatic rings. The van der Waals surface area contributed by atoms with Gasteiger partial charge >= 0.3 is 5.97 Å². The number of Topliss-reactive ketones (excluding diaryl/α,β-unsaturated/α-hetero) is 1. The molecule has 1 aliphatic heterocycles. The third-order valence-electron chi connectivity index (χ3n) is 2.52. The van der Waals surface area contributed by atoms with E-state index in [0.717, 1.165) is 6.42 Å². The van der Waals surface area contributed by atoms with Gasteiger partial charge in [-0.1, -0.05) is 6.92 Å². The van der Waals surface area contributed by atoms with Crippen molar-refractivity contribution in [2.45, 2.75) is 26.2 Å². The monoisotopic (exact) mass is 196 g/mol. The van der Waals surface area contributed by atoms with Gasteiger partial charge < -0.3 is 9.47 Å². The van der Waals surface area contributed by atoms with Crippen molar-refractivity contribution in [3.8, 4) is 0 Å². The van der Waals surface area contributed by atoms with Crippen molar-refractivity contribution in [3.63, 3.8) is 0 Å². The molecule has 14 heavy (non-hydrogen) atoms. The summed E-state index contributed by atoms with van der Waals surface area (Å²) in [6.45, 7) is 2.11. The van der Waals surface area contributed by atoms with E-state index in [9.17, 15) is 9.59 Å². The van der Waals surface area contributed by atoms with Crippen molar-refractivity contribution in [2.75, 3.05) is 6.61 Å². The van der Waals surface area contributed by atoms with E-state index >= 15 is 0 Å². The van der Waals surface area contributed by atoms with E-state index in [1.165, 1.54) is 0 Å². The second kappa shape index (κ2) is 3.44. The summed E-state index contributed by atoms with van der Waals surface area (Å²) in [5, 5.41) is 0. The summed E-state index contributed by atoms with van der Waals surface area (Å²) in [6.07, 6.45) is 1.57. The van der Waals surface area contributed by atoms with Crippen molar-refractivity contribution in [2.24, 2.45) is 5.92 Å². The fourth-order valence-corrected chi connectivity index (χ4v) is 1.63. The molecule has 0 spiro atoms. The molecular formula is C10H12O4. The minimum Gasteiger partial charge on any atom is -0.486 e. The highest BCUT2D eigenvalue weighted by atomic mass is 16.6. The number of esters is 1. The van der Waals surface area contributed by atoms with Gasteiger partial charge in [0.05, 0.1) is 13.0 Å². The Labute approximate surface area is 81.9 Å². The number of ether oxygens (including phenoxy) is 2. The van der Waals surface area contributed by atoms with Crippen LogP contribution in [0.15, 0.2) is 11.5 Å². The van der Waals surface area contributed by atoms with Crippen LogP contribution in [0, 0.1) is 5.92 Å². The molecule has 1 heterocycles. The maximum atomic E-state index is 11.6. The van der Waals surface area contributed by atoms with Crippen LogP contribution >= 0.6 is 0 Å². The number of carbonyl (C=O) groups is 2. The van der Waals surface area contributed by atoms with Gasteiger partial charge in [0, 0.05) is 12.3 Å². The number of rotatable bonds is 0. The van der Waals surface area contributed by atoms with Crippen molar-refractivity contribution in [1.82, 2.24) is 0 Å². The van der Waals surface area contributed by atoms with Crippen LogP contribution in [0.3, 0.4) is 0 Å². The van der Waals surface area contributed by atoms with Gasteiger partial charge in [0.2, 0.25) is 11.5 Å². The Balaban J connectivity index is 2.29. The van der Waals surface area contributed by atoms with E-state index in [1.54, 1.807) is 0 Å². The molecule has 0 aromatic rings. The van der Waals surface area contributed by atoms with E-state index < -0.39 is 0 Å². The molecule has 0 radical (unpaired) electrons. The molecule has 4 nitrogen and oxygen atoms in total. The fourth-order valence-electron chi connectivity index (χ4n) is 1.63. The van der Waals surface area contributed by atoms with Gasteiger partial charge in [0.15, 0.2) is 5.76 Å². The average Bonchev–Trinajstić information content (AvgIpc) is 2.34. The van der Waals surface area contributed by atoms with E-state index in [2.05, 4.69) is 0 Å². The summed E-state index contributed by atoms with van der Waals surface area (Å²) in [5.41, 5.74) is 0. The van der Waals surface area contributed by atoms with Gasteiger partial charge in [-0.2, -0.15) is 0 Å². The van der Waals surface area contributed by atoms with E-state index in [0.29, 0.717) is 12.2 Å². The molecule has 0 amide bonds. The Morgan fingerprint density at radius 1 is 1.29 bits per heavy atom. The maximum Gasteiger partial charge on any atom is 0.314 e. The number of hydrogen-bond acceptors (Lipinski definition) is 4. The second-order valence-electron chi connectivity index (χ2n) is 3.63. The Morgan fingerprint density at radius 2 is 2.07 bits per heavy atom. The van der Waals surface area contributed by atoms with Crippen molar-refractivity contribution < 1.29 is 19.1 Å². The van der Waals surface area contributed by atoms with Crippen LogP contribution in [0.2, 0.25) is 0 Å². The van der Waals surface area contributed by atoms with E-state index in [-0.39, 0.29) is 36.5 Å². The first kappa shape index (κ1) is 9.24. The molecule has 2 rings (SSSR count).